The molecule has 0 heterocycles. The van der Waals surface area contributed by atoms with Gasteiger partial charge in [-0.2, -0.15) is 0 Å². The standard InChI is InChI=1S/C12H23NO3S/c1-9(2)17(15,16)8-6-11(14)12(3)7-4-5-10(12)13/h9-10H,4-8,13H2,1-3H3. The number of carbonyl (C=O) groups is 1. The third kappa shape index (κ3) is 3.07. The van der Waals surface area contributed by atoms with Gasteiger partial charge in [-0.15, -0.1) is 0 Å². The first-order chi connectivity index (χ1) is 7.70. The molecule has 0 aromatic carbocycles. The first-order valence-corrected chi connectivity index (χ1v) is 7.92. The lowest BCUT2D eigenvalue weighted by atomic mass is 9.80. The van der Waals surface area contributed by atoms with Gasteiger partial charge in [0, 0.05) is 17.9 Å². The van der Waals surface area contributed by atoms with Crippen molar-refractivity contribution in [3.8, 4) is 0 Å². The van der Waals surface area contributed by atoms with Gasteiger partial charge in [0.1, 0.15) is 5.78 Å². The zero-order valence-electron chi connectivity index (χ0n) is 10.9. The van der Waals surface area contributed by atoms with E-state index >= 15 is 0 Å². The molecule has 4 nitrogen and oxygen atoms in total. The maximum Gasteiger partial charge on any atom is 0.153 e. The Kier molecular flexibility index (Phi) is 4.36. The van der Waals surface area contributed by atoms with Crippen LogP contribution >= 0.6 is 0 Å². The minimum absolute atomic E-state index is 0.00623. The van der Waals surface area contributed by atoms with Crippen molar-refractivity contribution in [2.24, 2.45) is 11.1 Å². The van der Waals surface area contributed by atoms with Crippen LogP contribution in [0, 0.1) is 5.41 Å². The molecule has 1 saturated carbocycles. The summed E-state index contributed by atoms with van der Waals surface area (Å²) in [5.74, 6) is -0.0436. The third-order valence-electron chi connectivity index (χ3n) is 4.00. The van der Waals surface area contributed by atoms with Gasteiger partial charge < -0.3 is 5.73 Å². The van der Waals surface area contributed by atoms with Crippen LogP contribution in [0.2, 0.25) is 0 Å². The number of rotatable bonds is 5. The summed E-state index contributed by atoms with van der Waals surface area (Å²) in [7, 11) is -3.13. The highest BCUT2D eigenvalue weighted by Crippen LogP contribution is 2.38. The second kappa shape index (κ2) is 5.06. The van der Waals surface area contributed by atoms with E-state index in [2.05, 4.69) is 0 Å². The lowest BCUT2D eigenvalue weighted by Gasteiger charge is -2.27. The van der Waals surface area contributed by atoms with Crippen LogP contribution < -0.4 is 5.73 Å². The highest BCUT2D eigenvalue weighted by Gasteiger charge is 2.42. The van der Waals surface area contributed by atoms with Gasteiger partial charge in [0.2, 0.25) is 0 Å². The Bertz CT molecular complexity index is 389. The highest BCUT2D eigenvalue weighted by molar-refractivity contribution is 7.91. The van der Waals surface area contributed by atoms with Crippen molar-refractivity contribution in [1.29, 1.82) is 0 Å². The van der Waals surface area contributed by atoms with Crippen LogP contribution in [-0.2, 0) is 14.6 Å². The second-order valence-electron chi connectivity index (χ2n) is 5.51. The smallest absolute Gasteiger partial charge is 0.153 e. The maximum absolute atomic E-state index is 12.1. The van der Waals surface area contributed by atoms with Crippen molar-refractivity contribution < 1.29 is 13.2 Å². The number of sulfone groups is 1. The van der Waals surface area contributed by atoms with Gasteiger partial charge in [-0.1, -0.05) is 13.3 Å². The van der Waals surface area contributed by atoms with E-state index in [0.717, 1.165) is 19.3 Å². The minimum Gasteiger partial charge on any atom is -0.327 e. The van der Waals surface area contributed by atoms with E-state index in [1.807, 2.05) is 6.92 Å². The zero-order chi connectivity index (χ0) is 13.3. The predicted octanol–water partition coefficient (Wildman–Crippen LogP) is 1.29. The molecule has 0 radical (unpaired) electrons. The number of nitrogens with two attached hydrogens (primary N) is 1. The summed E-state index contributed by atoms with van der Waals surface area (Å²) in [4.78, 5) is 12.1. The number of hydrogen-bond donors (Lipinski definition) is 1. The highest BCUT2D eigenvalue weighted by atomic mass is 32.2. The molecule has 17 heavy (non-hydrogen) atoms. The minimum atomic E-state index is -3.13. The fourth-order valence-corrected chi connectivity index (χ4v) is 3.24. The Morgan fingerprint density at radius 1 is 1.47 bits per heavy atom. The van der Waals surface area contributed by atoms with Crippen molar-refractivity contribution >= 4 is 15.6 Å². The lowest BCUT2D eigenvalue weighted by molar-refractivity contribution is -0.127. The molecule has 2 unspecified atom stereocenters. The fraction of sp³-hybridized carbons (Fsp3) is 0.917. The Morgan fingerprint density at radius 3 is 2.47 bits per heavy atom. The molecule has 1 rings (SSSR count). The summed E-state index contributed by atoms with van der Waals surface area (Å²) in [5.41, 5.74) is 5.44. The quantitative estimate of drug-likeness (QED) is 0.809. The molecule has 100 valence electrons. The summed E-state index contributed by atoms with van der Waals surface area (Å²) < 4.78 is 23.3. The molecule has 2 atom stereocenters. The summed E-state index contributed by atoms with van der Waals surface area (Å²) >= 11 is 0. The molecule has 0 aromatic heterocycles. The Labute approximate surface area is 104 Å². The summed E-state index contributed by atoms with van der Waals surface area (Å²) in [6.07, 6.45) is 2.71. The topological polar surface area (TPSA) is 77.2 Å². The van der Waals surface area contributed by atoms with E-state index in [1.54, 1.807) is 13.8 Å². The van der Waals surface area contributed by atoms with Crippen LogP contribution in [0.4, 0.5) is 0 Å². The van der Waals surface area contributed by atoms with Gasteiger partial charge in [0.15, 0.2) is 9.84 Å². The third-order valence-corrected chi connectivity index (χ3v) is 6.21. The molecule has 1 aliphatic rings. The largest absolute Gasteiger partial charge is 0.327 e. The van der Waals surface area contributed by atoms with Gasteiger partial charge in [0.25, 0.3) is 0 Å². The lowest BCUT2D eigenvalue weighted by Crippen LogP contribution is -2.41. The number of carbonyl (C=O) groups excluding carboxylic acids is 1. The second-order valence-corrected chi connectivity index (χ2v) is 8.18. The van der Waals surface area contributed by atoms with Crippen molar-refractivity contribution in [2.75, 3.05) is 5.75 Å². The average molecular weight is 261 g/mol. The van der Waals surface area contributed by atoms with E-state index < -0.39 is 20.5 Å². The van der Waals surface area contributed by atoms with Crippen molar-refractivity contribution in [1.82, 2.24) is 0 Å². The van der Waals surface area contributed by atoms with Gasteiger partial charge in [-0.05, 0) is 26.7 Å². The van der Waals surface area contributed by atoms with E-state index in [0.29, 0.717) is 0 Å². The fourth-order valence-electron chi connectivity index (χ4n) is 2.30. The SMILES string of the molecule is CC(C)S(=O)(=O)CCC(=O)C1(C)CCCC1N. The van der Waals surface area contributed by atoms with E-state index in [4.69, 9.17) is 5.73 Å². The van der Waals surface area contributed by atoms with E-state index in [9.17, 15) is 13.2 Å². The maximum atomic E-state index is 12.1. The Morgan fingerprint density at radius 2 is 2.06 bits per heavy atom. The molecule has 0 bridgehead atoms. The van der Waals surface area contributed by atoms with Crippen molar-refractivity contribution in [3.63, 3.8) is 0 Å². The van der Waals surface area contributed by atoms with E-state index in [-0.39, 0.29) is 24.0 Å². The van der Waals surface area contributed by atoms with Crippen LogP contribution in [0.1, 0.15) is 46.5 Å². The number of hydrogen-bond acceptors (Lipinski definition) is 4. The molecule has 1 aliphatic carbocycles. The van der Waals surface area contributed by atoms with Gasteiger partial charge in [0.05, 0.1) is 11.0 Å². The molecule has 0 spiro atoms. The Balaban J connectivity index is 2.62. The van der Waals surface area contributed by atoms with E-state index in [1.165, 1.54) is 0 Å². The molecule has 0 amide bonds. The summed E-state index contributed by atoms with van der Waals surface area (Å²) in [6.45, 7) is 5.15. The first kappa shape index (κ1) is 14.6. The normalized spacial score (nSPS) is 29.8. The summed E-state index contributed by atoms with van der Waals surface area (Å²) in [6, 6.07) is -0.114. The molecule has 0 aliphatic heterocycles. The molecule has 0 aromatic rings. The van der Waals surface area contributed by atoms with Crippen LogP contribution in [0.15, 0.2) is 0 Å². The molecular weight excluding hydrogens is 238 g/mol. The molecule has 0 saturated heterocycles. The van der Waals surface area contributed by atoms with Crippen molar-refractivity contribution in [2.45, 2.75) is 57.7 Å². The predicted molar refractivity (Wildman–Crippen MR) is 68.5 cm³/mol. The molecule has 1 fully saturated rings. The first-order valence-electron chi connectivity index (χ1n) is 6.20. The van der Waals surface area contributed by atoms with Gasteiger partial charge >= 0.3 is 0 Å². The van der Waals surface area contributed by atoms with Crippen LogP contribution in [0.25, 0.3) is 0 Å². The van der Waals surface area contributed by atoms with Gasteiger partial charge in [-0.3, -0.25) is 4.79 Å². The number of Topliss-reactive ketones (excluding diaryl/α,β-unsaturated/α-hetero) is 1. The molecule has 2 N–H and O–H groups in total. The monoisotopic (exact) mass is 261 g/mol. The van der Waals surface area contributed by atoms with Crippen LogP contribution in [0.5, 0.6) is 0 Å². The van der Waals surface area contributed by atoms with Crippen LogP contribution in [0.3, 0.4) is 0 Å². The summed E-state index contributed by atoms with van der Waals surface area (Å²) in [5, 5.41) is -0.416. The molecule has 5 heteroatoms. The zero-order valence-corrected chi connectivity index (χ0v) is 11.7. The van der Waals surface area contributed by atoms with Gasteiger partial charge in [-0.25, -0.2) is 8.42 Å². The van der Waals surface area contributed by atoms with Crippen LogP contribution in [-0.4, -0.2) is 31.2 Å². The van der Waals surface area contributed by atoms with Crippen molar-refractivity contribution in [3.05, 3.63) is 0 Å². The molecular formula is C12H23NO3S. The Hall–Kier alpha value is -0.420. The average Bonchev–Trinajstić information content (AvgIpc) is 2.57. The number of ketones is 1.